The lowest BCUT2D eigenvalue weighted by Crippen LogP contribution is -2.28. The number of nitrogens with one attached hydrogen (secondary N) is 3. The fourth-order valence-corrected chi connectivity index (χ4v) is 2.21. The first kappa shape index (κ1) is 15.4. The van der Waals surface area contributed by atoms with E-state index in [1.54, 1.807) is 24.3 Å². The summed E-state index contributed by atoms with van der Waals surface area (Å²) in [6.07, 6.45) is 3.45. The number of carbonyl (C=O) groups is 2. The summed E-state index contributed by atoms with van der Waals surface area (Å²) in [6.45, 7) is 0.248. The van der Waals surface area contributed by atoms with Gasteiger partial charge in [0, 0.05) is 17.8 Å². The Bertz CT molecular complexity index is 714. The van der Waals surface area contributed by atoms with Gasteiger partial charge in [-0.3, -0.25) is 4.79 Å². The summed E-state index contributed by atoms with van der Waals surface area (Å²) in [6, 6.07) is 6.28. The van der Waals surface area contributed by atoms with E-state index in [1.165, 1.54) is 6.26 Å². The van der Waals surface area contributed by atoms with Crippen LogP contribution in [0, 0.1) is 0 Å². The Hall–Kier alpha value is -2.54. The number of nitrogens with zero attached hydrogens (tertiary/aromatic N) is 1. The number of rotatable bonds is 5. The first-order chi connectivity index (χ1) is 11.1. The summed E-state index contributed by atoms with van der Waals surface area (Å²) in [5, 5.41) is 12.1. The van der Waals surface area contributed by atoms with E-state index < -0.39 is 6.03 Å². The third-order valence-corrected chi connectivity index (χ3v) is 3.62. The molecule has 0 spiro atoms. The maximum atomic E-state index is 12.0. The minimum absolute atomic E-state index is 0.195. The van der Waals surface area contributed by atoms with Crippen LogP contribution >= 0.6 is 11.6 Å². The average Bonchev–Trinajstić information content (AvgIpc) is 3.16. The molecule has 1 aliphatic rings. The van der Waals surface area contributed by atoms with E-state index >= 15 is 0 Å². The van der Waals surface area contributed by atoms with E-state index in [9.17, 15) is 9.59 Å². The van der Waals surface area contributed by atoms with Crippen LogP contribution in [-0.4, -0.2) is 23.1 Å². The molecule has 3 amide bonds. The van der Waals surface area contributed by atoms with E-state index in [0.29, 0.717) is 16.9 Å². The van der Waals surface area contributed by atoms with Crippen LogP contribution in [0.15, 0.2) is 35.1 Å². The largest absolute Gasteiger partial charge is 0.364 e. The van der Waals surface area contributed by atoms with Crippen LogP contribution in [0.2, 0.25) is 5.02 Å². The van der Waals surface area contributed by atoms with Gasteiger partial charge in [0.05, 0.1) is 17.1 Å². The molecule has 1 aliphatic carbocycles. The summed E-state index contributed by atoms with van der Waals surface area (Å²) < 4.78 is 4.67. The maximum absolute atomic E-state index is 12.0. The zero-order chi connectivity index (χ0) is 16.2. The molecular weight excluding hydrogens is 320 g/mol. The van der Waals surface area contributed by atoms with Gasteiger partial charge >= 0.3 is 6.03 Å². The molecule has 1 heterocycles. The lowest BCUT2D eigenvalue weighted by molar-refractivity contribution is 0.0951. The average molecular weight is 335 g/mol. The fraction of sp³-hybridized carbons (Fsp3) is 0.267. The SMILES string of the molecule is O=C(NCc1ccon1)Nc1ccc(C(=O)NC2CC2)c(Cl)c1. The van der Waals surface area contributed by atoms with Gasteiger partial charge in [-0.15, -0.1) is 0 Å². The first-order valence-electron chi connectivity index (χ1n) is 7.16. The Labute approximate surface area is 137 Å². The zero-order valence-corrected chi connectivity index (χ0v) is 12.9. The summed E-state index contributed by atoms with van der Waals surface area (Å²) >= 11 is 6.11. The first-order valence-corrected chi connectivity index (χ1v) is 7.54. The molecule has 3 N–H and O–H groups in total. The molecule has 0 bridgehead atoms. The van der Waals surface area contributed by atoms with Crippen molar-refractivity contribution < 1.29 is 14.1 Å². The molecule has 0 aliphatic heterocycles. The van der Waals surface area contributed by atoms with Gasteiger partial charge in [0.2, 0.25) is 0 Å². The van der Waals surface area contributed by atoms with Gasteiger partial charge in [-0.2, -0.15) is 0 Å². The molecule has 7 nitrogen and oxygen atoms in total. The number of aromatic nitrogens is 1. The van der Waals surface area contributed by atoms with Crippen LogP contribution in [0.25, 0.3) is 0 Å². The highest BCUT2D eigenvalue weighted by atomic mass is 35.5. The smallest absolute Gasteiger partial charge is 0.319 e. The molecule has 23 heavy (non-hydrogen) atoms. The molecule has 1 fully saturated rings. The Morgan fingerprint density at radius 2 is 2.13 bits per heavy atom. The third-order valence-electron chi connectivity index (χ3n) is 3.31. The fourth-order valence-electron chi connectivity index (χ4n) is 1.94. The normalized spacial score (nSPS) is 13.4. The maximum Gasteiger partial charge on any atom is 0.319 e. The molecule has 0 saturated heterocycles. The highest BCUT2D eigenvalue weighted by molar-refractivity contribution is 6.34. The van der Waals surface area contributed by atoms with E-state index in [-0.39, 0.29) is 23.5 Å². The Balaban J connectivity index is 1.56. The number of hydrogen-bond acceptors (Lipinski definition) is 4. The van der Waals surface area contributed by atoms with E-state index in [2.05, 4.69) is 25.6 Å². The molecule has 1 aromatic heterocycles. The topological polar surface area (TPSA) is 96.3 Å². The minimum Gasteiger partial charge on any atom is -0.364 e. The van der Waals surface area contributed by atoms with Crippen molar-refractivity contribution >= 4 is 29.2 Å². The van der Waals surface area contributed by atoms with Crippen LogP contribution in [0.1, 0.15) is 28.9 Å². The van der Waals surface area contributed by atoms with Crippen molar-refractivity contribution in [1.82, 2.24) is 15.8 Å². The van der Waals surface area contributed by atoms with E-state index in [1.807, 2.05) is 0 Å². The van der Waals surface area contributed by atoms with Gasteiger partial charge in [-0.1, -0.05) is 16.8 Å². The summed E-state index contributed by atoms with van der Waals surface area (Å²) in [5.41, 5.74) is 1.51. The molecule has 1 aromatic carbocycles. The third kappa shape index (κ3) is 4.23. The highest BCUT2D eigenvalue weighted by Crippen LogP contribution is 2.24. The molecule has 8 heteroatoms. The Morgan fingerprint density at radius 1 is 1.30 bits per heavy atom. The van der Waals surface area contributed by atoms with Crippen LogP contribution < -0.4 is 16.0 Å². The lowest BCUT2D eigenvalue weighted by Gasteiger charge is -2.09. The molecule has 3 rings (SSSR count). The standard InChI is InChI=1S/C15H15ClN4O3/c16-13-7-10(3-4-12(13)14(21)18-9-1-2-9)19-15(22)17-8-11-5-6-23-20-11/h3-7,9H,1-2,8H2,(H,18,21)(H2,17,19,22). The number of halogens is 1. The highest BCUT2D eigenvalue weighted by Gasteiger charge is 2.24. The summed E-state index contributed by atoms with van der Waals surface area (Å²) in [7, 11) is 0. The predicted molar refractivity (Wildman–Crippen MR) is 84.3 cm³/mol. The lowest BCUT2D eigenvalue weighted by atomic mass is 10.2. The van der Waals surface area contributed by atoms with Gasteiger partial charge < -0.3 is 20.5 Å². The number of carbonyl (C=O) groups excluding carboxylic acids is 2. The molecule has 2 aromatic rings. The number of hydrogen-bond donors (Lipinski definition) is 3. The Kier molecular flexibility index (Phi) is 4.47. The van der Waals surface area contributed by atoms with Crippen molar-refractivity contribution in [3.8, 4) is 0 Å². The molecular formula is C15H15ClN4O3. The number of anilines is 1. The second kappa shape index (κ2) is 6.70. The van der Waals surface area contributed by atoms with E-state index in [0.717, 1.165) is 12.8 Å². The monoisotopic (exact) mass is 334 g/mol. The van der Waals surface area contributed by atoms with Crippen molar-refractivity contribution in [1.29, 1.82) is 0 Å². The predicted octanol–water partition coefficient (Wildman–Crippen LogP) is 2.54. The van der Waals surface area contributed by atoms with Crippen molar-refractivity contribution in [3.05, 3.63) is 46.8 Å². The molecule has 0 unspecified atom stereocenters. The second-order valence-electron chi connectivity index (χ2n) is 5.24. The number of amides is 3. The van der Waals surface area contributed by atoms with Gasteiger partial charge in [0.15, 0.2) is 0 Å². The summed E-state index contributed by atoms with van der Waals surface area (Å²) in [5.74, 6) is -0.195. The van der Waals surface area contributed by atoms with Crippen LogP contribution in [0.4, 0.5) is 10.5 Å². The van der Waals surface area contributed by atoms with Crippen LogP contribution in [-0.2, 0) is 6.54 Å². The molecule has 0 radical (unpaired) electrons. The van der Waals surface area contributed by atoms with Gasteiger partial charge in [0.1, 0.15) is 12.0 Å². The van der Waals surface area contributed by atoms with Crippen molar-refractivity contribution in [2.75, 3.05) is 5.32 Å². The van der Waals surface area contributed by atoms with Gasteiger partial charge in [0.25, 0.3) is 5.91 Å². The van der Waals surface area contributed by atoms with Gasteiger partial charge in [-0.05, 0) is 31.0 Å². The van der Waals surface area contributed by atoms with E-state index in [4.69, 9.17) is 11.6 Å². The number of benzene rings is 1. The molecule has 120 valence electrons. The molecule has 0 atom stereocenters. The van der Waals surface area contributed by atoms with Crippen molar-refractivity contribution in [2.45, 2.75) is 25.4 Å². The Morgan fingerprint density at radius 3 is 2.78 bits per heavy atom. The van der Waals surface area contributed by atoms with Crippen LogP contribution in [0.5, 0.6) is 0 Å². The zero-order valence-electron chi connectivity index (χ0n) is 12.1. The number of urea groups is 1. The second-order valence-corrected chi connectivity index (χ2v) is 5.65. The van der Waals surface area contributed by atoms with Crippen molar-refractivity contribution in [2.24, 2.45) is 0 Å². The van der Waals surface area contributed by atoms with Gasteiger partial charge in [-0.25, -0.2) is 4.79 Å². The quantitative estimate of drug-likeness (QED) is 0.782. The van der Waals surface area contributed by atoms with Crippen LogP contribution in [0.3, 0.4) is 0 Å². The summed E-state index contributed by atoms with van der Waals surface area (Å²) in [4.78, 5) is 23.8. The minimum atomic E-state index is -0.403. The van der Waals surface area contributed by atoms with Crippen molar-refractivity contribution in [3.63, 3.8) is 0 Å². The molecule has 1 saturated carbocycles.